The number of benzene rings is 2. The van der Waals surface area contributed by atoms with Crippen molar-refractivity contribution in [2.45, 2.75) is 31.0 Å². The molecule has 3 N–H and O–H groups in total. The van der Waals surface area contributed by atoms with E-state index in [-0.39, 0.29) is 35.2 Å². The van der Waals surface area contributed by atoms with Gasteiger partial charge in [0.1, 0.15) is 11.8 Å². The van der Waals surface area contributed by atoms with Crippen LogP contribution in [0.15, 0.2) is 71.5 Å². The molecule has 3 atom stereocenters. The van der Waals surface area contributed by atoms with Crippen LogP contribution in [0.3, 0.4) is 0 Å². The molecule has 164 valence electrons. The standard InChI is InChI=1S/C23H21BrN4O4/c24-18-6-2-1-5-16(18)17-11-21(30)27(13-14-4-3-9-26-12-14)22(23(17)28(31)32)15-7-8-20(29)19(25)10-15/h1-10,12,17,22-23,29H,11,13,25H2/t17?,22-,23+/m1/s1. The van der Waals surface area contributed by atoms with Gasteiger partial charge in [0.25, 0.3) is 0 Å². The number of carbonyl (C=O) groups is 1. The number of hydrogen-bond acceptors (Lipinski definition) is 6. The number of halogens is 1. The quantitative estimate of drug-likeness (QED) is 0.238. The Labute approximate surface area is 193 Å². The van der Waals surface area contributed by atoms with Gasteiger partial charge in [0, 0.05) is 34.8 Å². The number of rotatable bonds is 5. The molecule has 0 saturated carbocycles. The lowest BCUT2D eigenvalue weighted by Crippen LogP contribution is -2.51. The third-order valence-corrected chi connectivity index (χ3v) is 6.53. The van der Waals surface area contributed by atoms with Gasteiger partial charge in [0.15, 0.2) is 0 Å². The van der Waals surface area contributed by atoms with Crippen LogP contribution in [0.5, 0.6) is 5.75 Å². The topological polar surface area (TPSA) is 123 Å². The highest BCUT2D eigenvalue weighted by Gasteiger charge is 2.51. The summed E-state index contributed by atoms with van der Waals surface area (Å²) in [6.45, 7) is 0.172. The van der Waals surface area contributed by atoms with E-state index in [0.29, 0.717) is 15.6 Å². The summed E-state index contributed by atoms with van der Waals surface area (Å²) in [6, 6.07) is 13.3. The smallest absolute Gasteiger partial charge is 0.244 e. The van der Waals surface area contributed by atoms with E-state index in [1.807, 2.05) is 18.2 Å². The minimum Gasteiger partial charge on any atom is -0.506 e. The fourth-order valence-electron chi connectivity index (χ4n) is 4.33. The highest BCUT2D eigenvalue weighted by molar-refractivity contribution is 9.10. The maximum Gasteiger partial charge on any atom is 0.244 e. The van der Waals surface area contributed by atoms with Crippen LogP contribution in [0.4, 0.5) is 5.69 Å². The highest BCUT2D eigenvalue weighted by atomic mass is 79.9. The fourth-order valence-corrected chi connectivity index (χ4v) is 4.91. The number of piperidine rings is 1. The fraction of sp³-hybridized carbons (Fsp3) is 0.217. The molecule has 9 heteroatoms. The molecule has 1 fully saturated rings. The van der Waals surface area contributed by atoms with Gasteiger partial charge >= 0.3 is 0 Å². The number of nitro groups is 1. The average molecular weight is 497 g/mol. The number of amides is 1. The molecule has 8 nitrogen and oxygen atoms in total. The van der Waals surface area contributed by atoms with E-state index in [9.17, 15) is 20.0 Å². The molecule has 1 aliphatic rings. The summed E-state index contributed by atoms with van der Waals surface area (Å²) in [5, 5.41) is 22.3. The number of pyridine rings is 1. The number of likely N-dealkylation sites (tertiary alicyclic amines) is 1. The number of anilines is 1. The van der Waals surface area contributed by atoms with Crippen LogP contribution in [-0.4, -0.2) is 31.9 Å². The zero-order chi connectivity index (χ0) is 22.8. The minimum atomic E-state index is -1.12. The normalized spacial score (nSPS) is 20.8. The third-order valence-electron chi connectivity index (χ3n) is 5.80. The molecule has 0 aliphatic carbocycles. The van der Waals surface area contributed by atoms with Gasteiger partial charge in [-0.25, -0.2) is 0 Å². The number of phenols is 1. The molecule has 1 amide bonds. The Hall–Kier alpha value is -3.46. The Morgan fingerprint density at radius 1 is 1.22 bits per heavy atom. The molecule has 4 rings (SSSR count). The molecule has 1 saturated heterocycles. The van der Waals surface area contributed by atoms with Crippen molar-refractivity contribution in [3.05, 3.63) is 98.3 Å². The summed E-state index contributed by atoms with van der Waals surface area (Å²) in [5.74, 6) is -0.961. The Morgan fingerprint density at radius 3 is 2.66 bits per heavy atom. The third kappa shape index (κ3) is 4.16. The first kappa shape index (κ1) is 21.8. The molecule has 3 aromatic rings. The number of carbonyl (C=O) groups excluding carboxylic acids is 1. The van der Waals surface area contributed by atoms with Gasteiger partial charge < -0.3 is 15.7 Å². The molecule has 1 unspecified atom stereocenters. The van der Waals surface area contributed by atoms with Crippen molar-refractivity contribution in [3.63, 3.8) is 0 Å². The van der Waals surface area contributed by atoms with Crippen LogP contribution in [0, 0.1) is 10.1 Å². The number of nitrogen functional groups attached to an aromatic ring is 1. The van der Waals surface area contributed by atoms with E-state index in [1.54, 1.807) is 36.7 Å². The van der Waals surface area contributed by atoms with Crippen LogP contribution in [-0.2, 0) is 11.3 Å². The van der Waals surface area contributed by atoms with Crippen LogP contribution < -0.4 is 5.73 Å². The summed E-state index contributed by atoms with van der Waals surface area (Å²) in [4.78, 5) is 31.1. The second-order valence-corrected chi connectivity index (χ2v) is 8.61. The molecule has 32 heavy (non-hydrogen) atoms. The SMILES string of the molecule is Nc1cc([C@@H]2[C@@H]([N+](=O)[O-])C(c3ccccc3Br)CC(=O)N2Cc2cccnc2)ccc1O. The largest absolute Gasteiger partial charge is 0.506 e. The molecule has 0 spiro atoms. The van der Waals surface area contributed by atoms with Gasteiger partial charge in [0.2, 0.25) is 11.9 Å². The maximum atomic E-state index is 13.4. The monoisotopic (exact) mass is 496 g/mol. The molecule has 2 heterocycles. The maximum absolute atomic E-state index is 13.4. The lowest BCUT2D eigenvalue weighted by Gasteiger charge is -2.41. The number of phenolic OH excluding ortho intramolecular Hbond substituents is 1. The van der Waals surface area contributed by atoms with Gasteiger partial charge in [-0.1, -0.05) is 46.3 Å². The van der Waals surface area contributed by atoms with Gasteiger partial charge in [-0.05, 0) is 41.0 Å². The first-order valence-electron chi connectivity index (χ1n) is 10.0. The molecule has 0 radical (unpaired) electrons. The van der Waals surface area contributed by atoms with E-state index in [0.717, 1.165) is 5.56 Å². The van der Waals surface area contributed by atoms with Crippen LogP contribution in [0.25, 0.3) is 0 Å². The van der Waals surface area contributed by atoms with Gasteiger partial charge in [-0.3, -0.25) is 19.9 Å². The van der Waals surface area contributed by atoms with Gasteiger partial charge in [-0.2, -0.15) is 0 Å². The first-order valence-corrected chi connectivity index (χ1v) is 10.8. The molecule has 2 aromatic carbocycles. The number of aromatic nitrogens is 1. The van der Waals surface area contributed by atoms with E-state index in [2.05, 4.69) is 20.9 Å². The highest BCUT2D eigenvalue weighted by Crippen LogP contribution is 2.45. The van der Waals surface area contributed by atoms with Gasteiger partial charge in [-0.15, -0.1) is 0 Å². The summed E-state index contributed by atoms with van der Waals surface area (Å²) < 4.78 is 0.717. The Morgan fingerprint density at radius 2 is 2.00 bits per heavy atom. The zero-order valence-corrected chi connectivity index (χ0v) is 18.6. The number of hydrogen-bond donors (Lipinski definition) is 2. The Balaban J connectivity index is 1.85. The van der Waals surface area contributed by atoms with Crippen LogP contribution in [0.1, 0.15) is 35.1 Å². The average Bonchev–Trinajstić information content (AvgIpc) is 2.77. The van der Waals surface area contributed by atoms with Gasteiger partial charge in [0.05, 0.1) is 11.6 Å². The number of nitrogens with two attached hydrogens (primary N) is 1. The molecule has 1 aliphatic heterocycles. The minimum absolute atomic E-state index is 0.00140. The second-order valence-electron chi connectivity index (χ2n) is 7.75. The zero-order valence-electron chi connectivity index (χ0n) is 17.0. The number of nitrogens with zero attached hydrogens (tertiary/aromatic N) is 3. The van der Waals surface area contributed by atoms with Crippen molar-refractivity contribution < 1.29 is 14.8 Å². The first-order chi connectivity index (χ1) is 15.4. The van der Waals surface area contributed by atoms with Crippen LogP contribution >= 0.6 is 15.9 Å². The second kappa shape index (κ2) is 8.96. The summed E-state index contributed by atoms with van der Waals surface area (Å²) in [6.07, 6.45) is 3.26. The van der Waals surface area contributed by atoms with E-state index in [4.69, 9.17) is 5.73 Å². The van der Waals surface area contributed by atoms with E-state index >= 15 is 0 Å². The number of aromatic hydroxyl groups is 1. The van der Waals surface area contributed by atoms with Crippen LogP contribution in [0.2, 0.25) is 0 Å². The Bertz CT molecular complexity index is 1160. The summed E-state index contributed by atoms with van der Waals surface area (Å²) >= 11 is 3.49. The van der Waals surface area contributed by atoms with E-state index in [1.165, 1.54) is 17.0 Å². The Kier molecular flexibility index (Phi) is 6.09. The summed E-state index contributed by atoms with van der Waals surface area (Å²) in [5.41, 5.74) is 7.98. The van der Waals surface area contributed by atoms with Crippen molar-refractivity contribution in [1.82, 2.24) is 9.88 Å². The van der Waals surface area contributed by atoms with Crippen molar-refractivity contribution in [3.8, 4) is 5.75 Å². The molecule has 1 aromatic heterocycles. The van der Waals surface area contributed by atoms with Crippen molar-refractivity contribution in [2.75, 3.05) is 5.73 Å². The summed E-state index contributed by atoms with van der Waals surface area (Å²) in [7, 11) is 0. The molecular formula is C23H21BrN4O4. The lowest BCUT2D eigenvalue weighted by molar-refractivity contribution is -0.537. The lowest BCUT2D eigenvalue weighted by atomic mass is 9.78. The van der Waals surface area contributed by atoms with Crippen molar-refractivity contribution in [2.24, 2.45) is 0 Å². The molecular weight excluding hydrogens is 476 g/mol. The van der Waals surface area contributed by atoms with Crippen molar-refractivity contribution in [1.29, 1.82) is 0 Å². The predicted molar refractivity (Wildman–Crippen MR) is 122 cm³/mol. The van der Waals surface area contributed by atoms with E-state index < -0.39 is 18.0 Å². The van der Waals surface area contributed by atoms with Crippen molar-refractivity contribution >= 4 is 27.5 Å². The molecule has 0 bridgehead atoms. The predicted octanol–water partition coefficient (Wildman–Crippen LogP) is 4.03.